The van der Waals surface area contributed by atoms with Crippen molar-refractivity contribution < 1.29 is 4.74 Å². The number of rotatable bonds is 7. The van der Waals surface area contributed by atoms with Gasteiger partial charge in [0.15, 0.2) is 0 Å². The van der Waals surface area contributed by atoms with Crippen molar-refractivity contribution in [2.24, 2.45) is 11.8 Å². The highest BCUT2D eigenvalue weighted by atomic mass is 16.5. The van der Waals surface area contributed by atoms with Gasteiger partial charge in [-0.15, -0.1) is 0 Å². The van der Waals surface area contributed by atoms with E-state index in [1.807, 2.05) is 12.1 Å². The summed E-state index contributed by atoms with van der Waals surface area (Å²) in [6, 6.07) is 12.2. The fourth-order valence-electron chi connectivity index (χ4n) is 4.50. The summed E-state index contributed by atoms with van der Waals surface area (Å²) in [6.45, 7) is 3.65. The second-order valence-corrected chi connectivity index (χ2v) is 8.50. The monoisotopic (exact) mass is 392 g/mol. The van der Waals surface area contributed by atoms with E-state index in [1.165, 1.54) is 31.2 Å². The molecule has 2 heterocycles. The van der Waals surface area contributed by atoms with Crippen LogP contribution >= 0.6 is 0 Å². The molecule has 0 amide bonds. The van der Waals surface area contributed by atoms with Crippen molar-refractivity contribution in [2.75, 3.05) is 19.7 Å². The van der Waals surface area contributed by atoms with E-state index >= 15 is 0 Å². The lowest BCUT2D eigenvalue weighted by molar-refractivity contribution is 0.195. The van der Waals surface area contributed by atoms with E-state index in [9.17, 15) is 4.79 Å². The molecule has 154 valence electrons. The van der Waals surface area contributed by atoms with Gasteiger partial charge in [0.05, 0.1) is 6.61 Å². The van der Waals surface area contributed by atoms with E-state index in [0.29, 0.717) is 5.92 Å². The Balaban J connectivity index is 1.29. The first-order valence-corrected chi connectivity index (χ1v) is 11.1. The van der Waals surface area contributed by atoms with Crippen molar-refractivity contribution in [3.05, 3.63) is 70.2 Å². The fourth-order valence-corrected chi connectivity index (χ4v) is 4.50. The first-order chi connectivity index (χ1) is 14.3. The van der Waals surface area contributed by atoms with E-state index < -0.39 is 0 Å². The minimum Gasteiger partial charge on any atom is -0.493 e. The molecule has 29 heavy (non-hydrogen) atoms. The zero-order valence-corrected chi connectivity index (χ0v) is 17.2. The van der Waals surface area contributed by atoms with Crippen LogP contribution in [0.5, 0.6) is 5.75 Å². The number of para-hydroxylation sites is 1. The smallest absolute Gasteiger partial charge is 0.252 e. The van der Waals surface area contributed by atoms with Crippen LogP contribution in [0.15, 0.2) is 53.5 Å². The molecule has 2 fully saturated rings. The van der Waals surface area contributed by atoms with Crippen molar-refractivity contribution in [3.8, 4) is 5.75 Å². The maximum absolute atomic E-state index is 11.9. The number of H-pyrrole nitrogens is 1. The van der Waals surface area contributed by atoms with Crippen LogP contribution in [-0.2, 0) is 6.54 Å². The third-order valence-corrected chi connectivity index (χ3v) is 6.34. The van der Waals surface area contributed by atoms with Crippen LogP contribution in [0.1, 0.15) is 49.7 Å². The standard InChI is InChI=1S/C25H32N2O2/c28-25-23(9-5-15-26-25)18-27-16-13-20(14-17-27)11-12-22-8-3-4-10-24(22)29-19-21-6-1-2-7-21/h3-5,8-12,15,20-21H,1-2,6-7,13-14,16-19H2,(H,26,28)/b12-11+. The van der Waals surface area contributed by atoms with Crippen LogP contribution in [0.25, 0.3) is 6.08 Å². The largest absolute Gasteiger partial charge is 0.493 e. The Labute approximate surface area is 173 Å². The van der Waals surface area contributed by atoms with Crippen molar-refractivity contribution in [3.63, 3.8) is 0 Å². The van der Waals surface area contributed by atoms with E-state index in [4.69, 9.17) is 4.74 Å². The molecule has 1 aliphatic carbocycles. The number of hydrogen-bond donors (Lipinski definition) is 1. The molecule has 2 aliphatic rings. The minimum absolute atomic E-state index is 0.0312. The zero-order valence-electron chi connectivity index (χ0n) is 17.2. The van der Waals surface area contributed by atoms with Crippen molar-refractivity contribution in [1.29, 1.82) is 0 Å². The van der Waals surface area contributed by atoms with Crippen LogP contribution in [0.4, 0.5) is 0 Å². The summed E-state index contributed by atoms with van der Waals surface area (Å²) in [4.78, 5) is 17.0. The highest BCUT2D eigenvalue weighted by Crippen LogP contribution is 2.28. The van der Waals surface area contributed by atoms with Gasteiger partial charge in [0.25, 0.3) is 5.56 Å². The summed E-state index contributed by atoms with van der Waals surface area (Å²) in [5.41, 5.74) is 2.07. The van der Waals surface area contributed by atoms with Crippen molar-refractivity contribution in [2.45, 2.75) is 45.1 Å². The predicted octanol–water partition coefficient (Wildman–Crippen LogP) is 4.87. The van der Waals surface area contributed by atoms with Gasteiger partial charge in [-0.1, -0.05) is 49.3 Å². The van der Waals surface area contributed by atoms with E-state index in [1.54, 1.807) is 6.20 Å². The van der Waals surface area contributed by atoms with Crippen LogP contribution < -0.4 is 10.3 Å². The lowest BCUT2D eigenvalue weighted by Crippen LogP contribution is -2.34. The fraction of sp³-hybridized carbons (Fsp3) is 0.480. The van der Waals surface area contributed by atoms with Gasteiger partial charge in [-0.05, 0) is 62.7 Å². The van der Waals surface area contributed by atoms with Crippen molar-refractivity contribution >= 4 is 6.08 Å². The molecule has 1 aromatic heterocycles. The Hall–Kier alpha value is -2.33. The summed E-state index contributed by atoms with van der Waals surface area (Å²) in [5.74, 6) is 2.33. The Bertz CT molecular complexity index is 859. The van der Waals surface area contributed by atoms with Gasteiger partial charge >= 0.3 is 0 Å². The molecule has 2 aromatic rings. The molecule has 1 aliphatic heterocycles. The maximum Gasteiger partial charge on any atom is 0.252 e. The minimum atomic E-state index is 0.0312. The van der Waals surface area contributed by atoms with Gasteiger partial charge in [-0.25, -0.2) is 0 Å². The maximum atomic E-state index is 11.9. The molecule has 0 radical (unpaired) electrons. The first kappa shape index (κ1) is 20.0. The van der Waals surface area contributed by atoms with Gasteiger partial charge in [0, 0.05) is 23.9 Å². The Kier molecular flexibility index (Phi) is 6.83. The molecule has 4 nitrogen and oxygen atoms in total. The number of allylic oxidation sites excluding steroid dienone is 1. The Morgan fingerprint density at radius 1 is 1.03 bits per heavy atom. The Morgan fingerprint density at radius 3 is 2.62 bits per heavy atom. The summed E-state index contributed by atoms with van der Waals surface area (Å²) in [5, 5.41) is 0. The number of likely N-dealkylation sites (tertiary alicyclic amines) is 1. The second-order valence-electron chi connectivity index (χ2n) is 8.50. The number of pyridine rings is 1. The molecule has 0 spiro atoms. The van der Waals surface area contributed by atoms with Crippen LogP contribution in [-0.4, -0.2) is 29.6 Å². The molecule has 4 heteroatoms. The average molecular weight is 393 g/mol. The number of aromatic amines is 1. The first-order valence-electron chi connectivity index (χ1n) is 11.1. The normalized spacial score (nSPS) is 19.2. The number of ether oxygens (including phenoxy) is 1. The number of nitrogens with zero attached hydrogens (tertiary/aromatic N) is 1. The summed E-state index contributed by atoms with van der Waals surface area (Å²) < 4.78 is 6.16. The van der Waals surface area contributed by atoms with Crippen LogP contribution in [0.2, 0.25) is 0 Å². The number of benzene rings is 1. The topological polar surface area (TPSA) is 45.3 Å². The quantitative estimate of drug-likeness (QED) is 0.731. The predicted molar refractivity (Wildman–Crippen MR) is 118 cm³/mol. The molecule has 4 rings (SSSR count). The van der Waals surface area contributed by atoms with Gasteiger partial charge in [0.1, 0.15) is 5.75 Å². The highest BCUT2D eigenvalue weighted by Gasteiger charge is 2.19. The number of nitrogens with one attached hydrogen (secondary N) is 1. The molecule has 0 unspecified atom stereocenters. The lowest BCUT2D eigenvalue weighted by atomic mass is 9.95. The van der Waals surface area contributed by atoms with E-state index in [0.717, 1.165) is 56.3 Å². The molecule has 0 atom stereocenters. The number of piperidine rings is 1. The van der Waals surface area contributed by atoms with Gasteiger partial charge in [-0.3, -0.25) is 9.69 Å². The summed E-state index contributed by atoms with van der Waals surface area (Å²) in [6.07, 6.45) is 13.9. The molecule has 0 bridgehead atoms. The molecule has 1 aromatic carbocycles. The SMILES string of the molecule is O=c1[nH]cccc1CN1CCC(/C=C/c2ccccc2OCC2CCCC2)CC1. The van der Waals surface area contributed by atoms with Crippen molar-refractivity contribution in [1.82, 2.24) is 9.88 Å². The van der Waals surface area contributed by atoms with Gasteiger partial charge in [-0.2, -0.15) is 0 Å². The zero-order chi connectivity index (χ0) is 19.9. The summed E-state index contributed by atoms with van der Waals surface area (Å²) in [7, 11) is 0. The Morgan fingerprint density at radius 2 is 1.83 bits per heavy atom. The number of hydrogen-bond acceptors (Lipinski definition) is 3. The van der Waals surface area contributed by atoms with Crippen LogP contribution in [0.3, 0.4) is 0 Å². The van der Waals surface area contributed by atoms with E-state index in [-0.39, 0.29) is 5.56 Å². The molecule has 1 saturated carbocycles. The molecular formula is C25H32N2O2. The lowest BCUT2D eigenvalue weighted by Gasteiger charge is -2.30. The molecule has 1 N–H and O–H groups in total. The second kappa shape index (κ2) is 9.93. The van der Waals surface area contributed by atoms with E-state index in [2.05, 4.69) is 46.3 Å². The van der Waals surface area contributed by atoms with Gasteiger partial charge in [0.2, 0.25) is 0 Å². The number of aromatic nitrogens is 1. The highest BCUT2D eigenvalue weighted by molar-refractivity contribution is 5.57. The third-order valence-electron chi connectivity index (χ3n) is 6.34. The summed E-state index contributed by atoms with van der Waals surface area (Å²) >= 11 is 0. The van der Waals surface area contributed by atoms with Gasteiger partial charge < -0.3 is 9.72 Å². The molecular weight excluding hydrogens is 360 g/mol. The van der Waals surface area contributed by atoms with Crippen LogP contribution in [0, 0.1) is 11.8 Å². The molecule has 1 saturated heterocycles. The third kappa shape index (κ3) is 5.60. The average Bonchev–Trinajstić information content (AvgIpc) is 3.28.